The van der Waals surface area contributed by atoms with E-state index in [9.17, 15) is 14.7 Å². The lowest BCUT2D eigenvalue weighted by molar-refractivity contribution is -0.123. The number of aryl methyl sites for hydroxylation is 2. The van der Waals surface area contributed by atoms with Crippen LogP contribution in [-0.4, -0.2) is 64.5 Å². The first-order valence-corrected chi connectivity index (χ1v) is 14.7. The van der Waals surface area contributed by atoms with Crippen molar-refractivity contribution in [3.8, 4) is 0 Å². The average molecular weight is 607 g/mol. The molecule has 1 amide bonds. The number of aliphatic hydroxyl groups is 3. The zero-order chi connectivity index (χ0) is 27.7. The maximum absolute atomic E-state index is 12.3. The largest absolute Gasteiger partial charge is 0.461 e. The molecule has 0 saturated heterocycles. The number of aliphatic hydroxyl groups excluding tert-OH is 3. The third kappa shape index (κ3) is 9.37. The Morgan fingerprint density at radius 2 is 1.76 bits per heavy atom. The smallest absolute Gasteiger partial charge is 0.348 e. The quantitative estimate of drug-likeness (QED) is 0.184. The van der Waals surface area contributed by atoms with Gasteiger partial charge >= 0.3 is 5.97 Å². The number of ether oxygens (including phenoxy) is 1. The molecule has 7 nitrogen and oxygen atoms in total. The SMILES string of the molecule is O=C(CCOC(=O)c1ccc(CCC[C@@H]2[C@@H](CCc3cc(Cl)cc(Cl)c3)[C@H](O)C[C@H]2Cl)s1)NC(CO)CO. The summed E-state index contributed by atoms with van der Waals surface area (Å²) < 4.78 is 5.19. The van der Waals surface area contributed by atoms with Crippen LogP contribution < -0.4 is 5.32 Å². The van der Waals surface area contributed by atoms with Crippen molar-refractivity contribution in [2.24, 2.45) is 11.8 Å². The van der Waals surface area contributed by atoms with Gasteiger partial charge in [0.1, 0.15) is 11.5 Å². The summed E-state index contributed by atoms with van der Waals surface area (Å²) in [6, 6.07) is 8.41. The fraction of sp³-hybridized carbons (Fsp3) is 0.556. The molecule has 210 valence electrons. The average Bonchev–Trinajstić information content (AvgIpc) is 3.44. The summed E-state index contributed by atoms with van der Waals surface area (Å²) in [4.78, 5) is 25.6. The van der Waals surface area contributed by atoms with Gasteiger partial charge in [-0.05, 0) is 86.3 Å². The van der Waals surface area contributed by atoms with Gasteiger partial charge in [-0.1, -0.05) is 23.2 Å². The summed E-state index contributed by atoms with van der Waals surface area (Å²) in [5.74, 6) is -0.600. The molecular weight excluding hydrogens is 573 g/mol. The normalized spacial score (nSPS) is 21.1. The molecule has 0 unspecified atom stereocenters. The highest BCUT2D eigenvalue weighted by molar-refractivity contribution is 7.13. The first-order valence-electron chi connectivity index (χ1n) is 12.7. The monoisotopic (exact) mass is 605 g/mol. The lowest BCUT2D eigenvalue weighted by Gasteiger charge is -2.23. The van der Waals surface area contributed by atoms with E-state index < -0.39 is 24.0 Å². The number of nitrogens with one attached hydrogen (secondary N) is 1. The number of benzene rings is 1. The van der Waals surface area contributed by atoms with E-state index in [0.29, 0.717) is 21.3 Å². The Labute approximate surface area is 242 Å². The van der Waals surface area contributed by atoms with Gasteiger partial charge in [0.15, 0.2) is 0 Å². The molecule has 1 fully saturated rings. The molecule has 2 aromatic rings. The number of rotatable bonds is 14. The van der Waals surface area contributed by atoms with Crippen LogP contribution in [-0.2, 0) is 22.4 Å². The number of halogens is 3. The summed E-state index contributed by atoms with van der Waals surface area (Å²) in [6.07, 6.45) is 4.22. The lowest BCUT2D eigenvalue weighted by Crippen LogP contribution is -2.40. The van der Waals surface area contributed by atoms with E-state index in [4.69, 9.17) is 49.8 Å². The van der Waals surface area contributed by atoms with Crippen LogP contribution in [0.5, 0.6) is 0 Å². The topological polar surface area (TPSA) is 116 Å². The molecule has 4 N–H and O–H groups in total. The second kappa shape index (κ2) is 15.4. The first-order chi connectivity index (χ1) is 18.2. The predicted molar refractivity (Wildman–Crippen MR) is 150 cm³/mol. The van der Waals surface area contributed by atoms with Crippen molar-refractivity contribution in [2.45, 2.75) is 62.5 Å². The third-order valence-corrected chi connectivity index (χ3v) is 8.92. The molecule has 38 heavy (non-hydrogen) atoms. The highest BCUT2D eigenvalue weighted by Gasteiger charge is 2.40. The zero-order valence-electron chi connectivity index (χ0n) is 21.0. The Kier molecular flexibility index (Phi) is 12.6. The van der Waals surface area contributed by atoms with E-state index in [-0.39, 0.29) is 43.5 Å². The molecule has 1 heterocycles. The van der Waals surface area contributed by atoms with Crippen LogP contribution in [0.15, 0.2) is 30.3 Å². The van der Waals surface area contributed by atoms with Gasteiger partial charge in [-0.15, -0.1) is 22.9 Å². The van der Waals surface area contributed by atoms with Crippen LogP contribution in [0.2, 0.25) is 10.0 Å². The summed E-state index contributed by atoms with van der Waals surface area (Å²) in [5, 5.41) is 32.2. The summed E-state index contributed by atoms with van der Waals surface area (Å²) in [7, 11) is 0. The molecule has 4 atom stereocenters. The Hall–Kier alpha value is -1.39. The van der Waals surface area contributed by atoms with E-state index in [0.717, 1.165) is 42.5 Å². The van der Waals surface area contributed by atoms with Gasteiger partial charge in [-0.3, -0.25) is 4.79 Å². The van der Waals surface area contributed by atoms with Gasteiger partial charge in [0.2, 0.25) is 5.91 Å². The molecule has 11 heteroatoms. The van der Waals surface area contributed by atoms with Crippen LogP contribution in [0, 0.1) is 11.8 Å². The second-order valence-corrected chi connectivity index (χ2v) is 12.2. The number of thiophene rings is 1. The van der Waals surface area contributed by atoms with Gasteiger partial charge in [-0.2, -0.15) is 0 Å². The van der Waals surface area contributed by atoms with E-state index >= 15 is 0 Å². The third-order valence-electron chi connectivity index (χ3n) is 6.86. The molecule has 1 aromatic carbocycles. The van der Waals surface area contributed by atoms with Crippen molar-refractivity contribution < 1.29 is 29.6 Å². The minimum atomic E-state index is -0.725. The van der Waals surface area contributed by atoms with E-state index in [1.54, 1.807) is 12.1 Å². The minimum Gasteiger partial charge on any atom is -0.461 e. The number of amides is 1. The van der Waals surface area contributed by atoms with Crippen LogP contribution in [0.1, 0.15) is 52.2 Å². The molecule has 3 rings (SSSR count). The predicted octanol–water partition coefficient (Wildman–Crippen LogP) is 4.63. The van der Waals surface area contributed by atoms with Crippen molar-refractivity contribution in [1.82, 2.24) is 5.32 Å². The van der Waals surface area contributed by atoms with Crippen molar-refractivity contribution >= 4 is 58.0 Å². The Bertz CT molecular complexity index is 1040. The van der Waals surface area contributed by atoms with Gasteiger partial charge in [0.25, 0.3) is 0 Å². The van der Waals surface area contributed by atoms with Gasteiger partial charge in [0, 0.05) is 20.3 Å². The lowest BCUT2D eigenvalue weighted by atomic mass is 9.85. The molecule has 0 spiro atoms. The van der Waals surface area contributed by atoms with Crippen LogP contribution in [0.3, 0.4) is 0 Å². The molecule has 1 aliphatic rings. The fourth-order valence-corrected chi connectivity index (χ4v) is 6.92. The number of esters is 1. The van der Waals surface area contributed by atoms with Gasteiger partial charge in [0.05, 0.1) is 31.8 Å². The molecule has 1 aromatic heterocycles. The zero-order valence-corrected chi connectivity index (χ0v) is 24.0. The Morgan fingerprint density at radius 3 is 2.45 bits per heavy atom. The van der Waals surface area contributed by atoms with Crippen molar-refractivity contribution in [3.05, 3.63) is 55.7 Å². The Morgan fingerprint density at radius 1 is 1.05 bits per heavy atom. The fourth-order valence-electron chi connectivity index (χ4n) is 4.91. The number of alkyl halides is 1. The first kappa shape index (κ1) is 31.1. The van der Waals surface area contributed by atoms with Gasteiger partial charge < -0.3 is 25.4 Å². The summed E-state index contributed by atoms with van der Waals surface area (Å²) in [5.41, 5.74) is 1.05. The van der Waals surface area contributed by atoms with Crippen LogP contribution in [0.4, 0.5) is 0 Å². The maximum Gasteiger partial charge on any atom is 0.348 e. The van der Waals surface area contributed by atoms with Crippen molar-refractivity contribution in [1.29, 1.82) is 0 Å². The molecule has 0 aliphatic heterocycles. The number of hydrogen-bond donors (Lipinski definition) is 4. The van der Waals surface area contributed by atoms with E-state index in [2.05, 4.69) is 5.32 Å². The highest BCUT2D eigenvalue weighted by Crippen LogP contribution is 2.42. The van der Waals surface area contributed by atoms with Crippen LogP contribution >= 0.6 is 46.1 Å². The number of carbonyl (C=O) groups is 2. The second-order valence-electron chi connectivity index (χ2n) is 9.64. The molecule has 1 saturated carbocycles. The van der Waals surface area contributed by atoms with Crippen molar-refractivity contribution in [3.63, 3.8) is 0 Å². The number of hydrogen-bond acceptors (Lipinski definition) is 7. The van der Waals surface area contributed by atoms with Crippen molar-refractivity contribution in [2.75, 3.05) is 19.8 Å². The molecular formula is C27H34Cl3NO6S. The molecule has 1 aliphatic carbocycles. The molecule has 0 bridgehead atoms. The summed E-state index contributed by atoms with van der Waals surface area (Å²) >= 11 is 20.2. The molecule has 0 radical (unpaired) electrons. The van der Waals surface area contributed by atoms with Gasteiger partial charge in [-0.25, -0.2) is 4.79 Å². The van der Waals surface area contributed by atoms with Crippen LogP contribution in [0.25, 0.3) is 0 Å². The number of carbonyl (C=O) groups excluding carboxylic acids is 2. The minimum absolute atomic E-state index is 0.0567. The Balaban J connectivity index is 1.43. The van der Waals surface area contributed by atoms with E-state index in [1.165, 1.54) is 11.3 Å². The standard InChI is InChI=1S/C27H34Cl3NO6S/c28-17-10-16(11-18(29)12-17)4-6-22-21(23(30)13-24(22)34)3-1-2-20-5-7-25(38-20)27(36)37-9-8-26(35)31-19(14-32)15-33/h5,7,10-12,19,21-24,32-34H,1-4,6,8-9,13-15H2,(H,31,35)/t21-,22-,23-,24-/m1/s1. The highest BCUT2D eigenvalue weighted by atomic mass is 35.5. The maximum atomic E-state index is 12.3. The van der Waals surface area contributed by atoms with E-state index in [1.807, 2.05) is 18.2 Å². The summed E-state index contributed by atoms with van der Waals surface area (Å²) in [6.45, 7) is -0.830.